The Kier molecular flexibility index (Phi) is 3.61. The van der Waals surface area contributed by atoms with Crippen LogP contribution in [0.2, 0.25) is 0 Å². The van der Waals surface area contributed by atoms with E-state index in [0.29, 0.717) is 6.54 Å². The topological polar surface area (TPSA) is 21.3 Å². The summed E-state index contributed by atoms with van der Waals surface area (Å²) >= 11 is 0. The van der Waals surface area contributed by atoms with Gasteiger partial charge in [-0.05, 0) is 38.5 Å². The maximum absolute atomic E-state index is 12.8. The van der Waals surface area contributed by atoms with E-state index in [9.17, 15) is 4.39 Å². The summed E-state index contributed by atoms with van der Waals surface area (Å²) in [4.78, 5) is 5.30. The summed E-state index contributed by atoms with van der Waals surface area (Å²) in [6, 6.07) is 6.44. The molecule has 1 N–H and O–H groups in total. The van der Waals surface area contributed by atoms with Crippen LogP contribution in [-0.2, 0) is 11.4 Å². The Morgan fingerprint density at radius 3 is 2.64 bits per heavy atom. The molecule has 0 fully saturated rings. The number of benzene rings is 1. The molecular weight excluding hydrogens is 181 g/mol. The van der Waals surface area contributed by atoms with Crippen LogP contribution in [0.4, 0.5) is 4.39 Å². The van der Waals surface area contributed by atoms with E-state index >= 15 is 0 Å². The van der Waals surface area contributed by atoms with E-state index in [-0.39, 0.29) is 11.4 Å². The highest BCUT2D eigenvalue weighted by atomic mass is 19.1. The van der Waals surface area contributed by atoms with Crippen molar-refractivity contribution in [3.05, 3.63) is 35.6 Å². The van der Waals surface area contributed by atoms with Gasteiger partial charge in [-0.3, -0.25) is 4.84 Å². The largest absolute Gasteiger partial charge is 0.296 e. The molecule has 0 aromatic heterocycles. The number of nitrogens with one attached hydrogen (secondary N) is 1. The van der Waals surface area contributed by atoms with Crippen molar-refractivity contribution in [2.45, 2.75) is 32.9 Å². The molecule has 2 nitrogen and oxygen atoms in total. The van der Waals surface area contributed by atoms with Gasteiger partial charge >= 0.3 is 0 Å². The van der Waals surface area contributed by atoms with E-state index in [1.54, 1.807) is 6.07 Å². The molecule has 0 amide bonds. The van der Waals surface area contributed by atoms with Crippen molar-refractivity contribution < 1.29 is 9.23 Å². The van der Waals surface area contributed by atoms with Crippen LogP contribution in [0.25, 0.3) is 0 Å². The highest BCUT2D eigenvalue weighted by Crippen LogP contribution is 2.06. The summed E-state index contributed by atoms with van der Waals surface area (Å²) in [5.74, 6) is -0.222. The monoisotopic (exact) mass is 197 g/mol. The molecule has 14 heavy (non-hydrogen) atoms. The maximum Gasteiger partial charge on any atom is 0.123 e. The van der Waals surface area contributed by atoms with Crippen molar-refractivity contribution in [3.63, 3.8) is 0 Å². The number of hydrogen-bond acceptors (Lipinski definition) is 2. The van der Waals surface area contributed by atoms with Crippen LogP contribution in [0.5, 0.6) is 0 Å². The van der Waals surface area contributed by atoms with E-state index in [1.807, 2.05) is 26.8 Å². The zero-order valence-electron chi connectivity index (χ0n) is 8.80. The van der Waals surface area contributed by atoms with Crippen LogP contribution in [0.15, 0.2) is 24.3 Å². The second-order valence-corrected chi connectivity index (χ2v) is 4.17. The fraction of sp³-hybridized carbons (Fsp3) is 0.455. The lowest BCUT2D eigenvalue weighted by atomic mass is 10.2. The van der Waals surface area contributed by atoms with Gasteiger partial charge in [-0.2, -0.15) is 5.48 Å². The summed E-state index contributed by atoms with van der Waals surface area (Å²) in [5.41, 5.74) is 3.44. The molecule has 0 heterocycles. The molecule has 0 saturated heterocycles. The predicted molar refractivity (Wildman–Crippen MR) is 54.1 cm³/mol. The molecule has 1 rings (SSSR count). The second-order valence-electron chi connectivity index (χ2n) is 4.17. The van der Waals surface area contributed by atoms with Crippen molar-refractivity contribution in [1.29, 1.82) is 0 Å². The van der Waals surface area contributed by atoms with Gasteiger partial charge in [-0.25, -0.2) is 4.39 Å². The molecule has 0 atom stereocenters. The molecule has 3 heteroatoms. The van der Waals surface area contributed by atoms with E-state index in [0.717, 1.165) is 5.56 Å². The predicted octanol–water partition coefficient (Wildman–Crippen LogP) is 2.65. The van der Waals surface area contributed by atoms with E-state index in [2.05, 4.69) is 5.48 Å². The third-order valence-electron chi connectivity index (χ3n) is 1.54. The molecule has 1 aromatic rings. The lowest BCUT2D eigenvalue weighted by molar-refractivity contribution is -0.0757. The number of hydroxylamine groups is 1. The van der Waals surface area contributed by atoms with Crippen molar-refractivity contribution in [2.24, 2.45) is 0 Å². The highest BCUT2D eigenvalue weighted by Gasteiger charge is 2.09. The Balaban J connectivity index is 2.39. The summed E-state index contributed by atoms with van der Waals surface area (Å²) in [6.07, 6.45) is 0. The average molecular weight is 197 g/mol. The van der Waals surface area contributed by atoms with Crippen LogP contribution in [0.3, 0.4) is 0 Å². The minimum Gasteiger partial charge on any atom is -0.296 e. The van der Waals surface area contributed by atoms with E-state index < -0.39 is 0 Å². The fourth-order valence-corrected chi connectivity index (χ4v) is 0.983. The molecule has 0 radical (unpaired) electrons. The molecule has 0 unspecified atom stereocenters. The summed E-state index contributed by atoms with van der Waals surface area (Å²) in [5, 5.41) is 0. The Hall–Kier alpha value is -0.930. The molecule has 1 aromatic carbocycles. The van der Waals surface area contributed by atoms with Gasteiger partial charge in [0.1, 0.15) is 5.82 Å². The van der Waals surface area contributed by atoms with Crippen molar-refractivity contribution in [1.82, 2.24) is 5.48 Å². The molecular formula is C11H16FNO. The lowest BCUT2D eigenvalue weighted by Crippen LogP contribution is -2.28. The fourth-order valence-electron chi connectivity index (χ4n) is 0.983. The molecule has 0 bridgehead atoms. The Labute approximate surface area is 84.0 Å². The smallest absolute Gasteiger partial charge is 0.123 e. The molecule has 0 spiro atoms. The van der Waals surface area contributed by atoms with Gasteiger partial charge in [-0.1, -0.05) is 12.1 Å². The molecule has 78 valence electrons. The van der Waals surface area contributed by atoms with Gasteiger partial charge in [0.2, 0.25) is 0 Å². The minimum absolute atomic E-state index is 0.222. The van der Waals surface area contributed by atoms with E-state index in [4.69, 9.17) is 4.84 Å². The summed E-state index contributed by atoms with van der Waals surface area (Å²) < 4.78 is 12.8. The average Bonchev–Trinajstić information content (AvgIpc) is 2.01. The van der Waals surface area contributed by atoms with E-state index in [1.165, 1.54) is 12.1 Å². The van der Waals surface area contributed by atoms with Crippen molar-refractivity contribution in [3.8, 4) is 0 Å². The first-order valence-corrected chi connectivity index (χ1v) is 4.63. The third-order valence-corrected chi connectivity index (χ3v) is 1.54. The van der Waals surface area contributed by atoms with Gasteiger partial charge in [0.05, 0.1) is 5.60 Å². The zero-order valence-corrected chi connectivity index (χ0v) is 8.80. The van der Waals surface area contributed by atoms with Crippen LogP contribution in [-0.4, -0.2) is 5.60 Å². The molecule has 0 aliphatic rings. The third kappa shape index (κ3) is 4.35. The Bertz CT molecular complexity index is 294. The second kappa shape index (κ2) is 4.53. The van der Waals surface area contributed by atoms with Crippen LogP contribution in [0, 0.1) is 5.82 Å². The van der Waals surface area contributed by atoms with Gasteiger partial charge in [0, 0.05) is 6.54 Å². The van der Waals surface area contributed by atoms with Crippen LogP contribution in [0.1, 0.15) is 26.3 Å². The Morgan fingerprint density at radius 1 is 1.36 bits per heavy atom. The normalized spacial score (nSPS) is 11.7. The maximum atomic E-state index is 12.8. The van der Waals surface area contributed by atoms with Gasteiger partial charge in [0.25, 0.3) is 0 Å². The first-order valence-electron chi connectivity index (χ1n) is 4.63. The summed E-state index contributed by atoms with van der Waals surface area (Å²) in [6.45, 7) is 6.36. The minimum atomic E-state index is -0.229. The van der Waals surface area contributed by atoms with Crippen LogP contribution < -0.4 is 5.48 Å². The first kappa shape index (κ1) is 11.1. The zero-order chi connectivity index (χ0) is 10.6. The lowest BCUT2D eigenvalue weighted by Gasteiger charge is -2.19. The SMILES string of the molecule is CC(C)(C)ONCc1cccc(F)c1. The number of hydrogen-bond donors (Lipinski definition) is 1. The number of rotatable bonds is 3. The van der Waals surface area contributed by atoms with Crippen LogP contribution >= 0.6 is 0 Å². The van der Waals surface area contributed by atoms with Crippen molar-refractivity contribution >= 4 is 0 Å². The van der Waals surface area contributed by atoms with Crippen molar-refractivity contribution in [2.75, 3.05) is 0 Å². The summed E-state index contributed by atoms with van der Waals surface area (Å²) in [7, 11) is 0. The highest BCUT2D eigenvalue weighted by molar-refractivity contribution is 5.15. The van der Waals surface area contributed by atoms with Gasteiger partial charge in [0.15, 0.2) is 0 Å². The quantitative estimate of drug-likeness (QED) is 0.752. The standard InChI is InChI=1S/C11H16FNO/c1-11(2,3)14-13-8-9-5-4-6-10(12)7-9/h4-7,13H,8H2,1-3H3. The molecule has 0 aliphatic heterocycles. The molecule has 0 saturated carbocycles. The Morgan fingerprint density at radius 2 is 2.07 bits per heavy atom. The molecule has 0 aliphatic carbocycles. The number of halogens is 1. The first-order chi connectivity index (χ1) is 6.47. The van der Waals surface area contributed by atoms with Gasteiger partial charge in [-0.15, -0.1) is 0 Å². The van der Waals surface area contributed by atoms with Gasteiger partial charge < -0.3 is 0 Å².